The predicted molar refractivity (Wildman–Crippen MR) is 108 cm³/mol. The monoisotopic (exact) mass is 481 g/mol. The number of carbonyl (C=O) groups excluding carboxylic acids is 1. The summed E-state index contributed by atoms with van der Waals surface area (Å²) in [6.45, 7) is 3.52. The van der Waals surface area contributed by atoms with Gasteiger partial charge in [-0.25, -0.2) is 13.2 Å². The highest BCUT2D eigenvalue weighted by atomic mass is 32.2. The molecule has 0 aromatic heterocycles. The zero-order chi connectivity index (χ0) is 24.3. The second kappa shape index (κ2) is 9.73. The molecule has 2 fully saturated rings. The fourth-order valence-corrected chi connectivity index (χ4v) is 4.24. The minimum Gasteiger partial charge on any atom is -0.475 e. The predicted octanol–water partition coefficient (Wildman–Crippen LogP) is 0.354. The highest BCUT2D eigenvalue weighted by molar-refractivity contribution is 7.90. The standard InChI is InChI=1S/C17H25N3O4S.C2HF3O2/c1-18-16(21)15-9-24-17(10-19(15)2)11-20(12-17)8-13-4-6-14(7-5-13)25(3,22)23;3-2(4,5)1(6)7/h4-7,15H,8-12H2,1-3H3,(H,18,21);(H,6,7). The Morgan fingerprint density at radius 2 is 1.75 bits per heavy atom. The second-order valence-corrected chi connectivity index (χ2v) is 9.92. The van der Waals surface area contributed by atoms with Crippen molar-refractivity contribution in [3.63, 3.8) is 0 Å². The van der Waals surface area contributed by atoms with Crippen LogP contribution in [0.3, 0.4) is 0 Å². The molecule has 1 amide bonds. The highest BCUT2D eigenvalue weighted by Gasteiger charge is 2.49. The Labute approximate surface area is 184 Å². The molecule has 2 aliphatic heterocycles. The van der Waals surface area contributed by atoms with Crippen molar-refractivity contribution in [1.29, 1.82) is 0 Å². The van der Waals surface area contributed by atoms with E-state index in [1.165, 1.54) is 6.26 Å². The number of nitrogens with one attached hydrogen (secondary N) is 1. The number of carbonyl (C=O) groups is 2. The fourth-order valence-electron chi connectivity index (χ4n) is 3.61. The molecule has 0 saturated carbocycles. The van der Waals surface area contributed by atoms with Crippen molar-refractivity contribution in [3.05, 3.63) is 29.8 Å². The van der Waals surface area contributed by atoms with Gasteiger partial charge in [0.15, 0.2) is 9.84 Å². The van der Waals surface area contributed by atoms with Crippen molar-refractivity contribution in [3.8, 4) is 0 Å². The number of sulfone groups is 1. The highest BCUT2D eigenvalue weighted by Crippen LogP contribution is 2.31. The normalized spacial score (nSPS) is 21.2. The SMILES string of the molecule is CNC(=O)C1COC2(CN(Cc3ccc(S(C)(=O)=O)cc3)C2)CN1C.O=C(O)C(F)(F)F. The molecule has 0 aliphatic carbocycles. The lowest BCUT2D eigenvalue weighted by Gasteiger charge is -2.55. The van der Waals surface area contributed by atoms with E-state index in [0.29, 0.717) is 11.5 Å². The zero-order valence-corrected chi connectivity index (χ0v) is 18.7. The van der Waals surface area contributed by atoms with Crippen LogP contribution in [0.15, 0.2) is 29.2 Å². The summed E-state index contributed by atoms with van der Waals surface area (Å²) in [6, 6.07) is 6.79. The van der Waals surface area contributed by atoms with Crippen LogP contribution in [0, 0.1) is 0 Å². The van der Waals surface area contributed by atoms with Crippen molar-refractivity contribution in [2.75, 3.05) is 46.6 Å². The van der Waals surface area contributed by atoms with Crippen LogP contribution in [0.1, 0.15) is 5.56 Å². The van der Waals surface area contributed by atoms with E-state index >= 15 is 0 Å². The van der Waals surface area contributed by atoms with Crippen LogP contribution >= 0.6 is 0 Å². The zero-order valence-electron chi connectivity index (χ0n) is 17.8. The van der Waals surface area contributed by atoms with Crippen LogP contribution in [0.2, 0.25) is 0 Å². The first kappa shape index (κ1) is 26.0. The third-order valence-corrected chi connectivity index (χ3v) is 6.32. The molecule has 180 valence electrons. The summed E-state index contributed by atoms with van der Waals surface area (Å²) in [6.07, 6.45) is -3.87. The van der Waals surface area contributed by atoms with Gasteiger partial charge in [-0.05, 0) is 24.7 Å². The van der Waals surface area contributed by atoms with Crippen molar-refractivity contribution in [2.45, 2.75) is 29.3 Å². The summed E-state index contributed by atoms with van der Waals surface area (Å²) >= 11 is 0. The molecule has 9 nitrogen and oxygen atoms in total. The lowest BCUT2D eigenvalue weighted by atomic mass is 9.90. The van der Waals surface area contributed by atoms with Gasteiger partial charge in [0.1, 0.15) is 11.6 Å². The van der Waals surface area contributed by atoms with Gasteiger partial charge in [-0.1, -0.05) is 12.1 Å². The minimum atomic E-state index is -5.08. The van der Waals surface area contributed by atoms with E-state index in [1.807, 2.05) is 19.2 Å². The number of ether oxygens (including phenoxy) is 1. The third kappa shape index (κ3) is 6.64. The van der Waals surface area contributed by atoms with Gasteiger partial charge >= 0.3 is 12.1 Å². The molecule has 0 radical (unpaired) electrons. The van der Waals surface area contributed by atoms with E-state index in [4.69, 9.17) is 14.6 Å². The number of morpholine rings is 1. The van der Waals surface area contributed by atoms with Crippen LogP contribution in [0.25, 0.3) is 0 Å². The van der Waals surface area contributed by atoms with Gasteiger partial charge in [0, 0.05) is 39.5 Å². The number of carboxylic acids is 1. The van der Waals surface area contributed by atoms with E-state index in [1.54, 1.807) is 19.2 Å². The van der Waals surface area contributed by atoms with E-state index < -0.39 is 22.0 Å². The number of rotatable bonds is 4. The van der Waals surface area contributed by atoms with Gasteiger partial charge in [0.05, 0.1) is 11.5 Å². The van der Waals surface area contributed by atoms with Crippen LogP contribution < -0.4 is 5.32 Å². The number of benzene rings is 1. The Balaban J connectivity index is 0.000000451. The van der Waals surface area contributed by atoms with E-state index in [0.717, 1.165) is 31.7 Å². The average Bonchev–Trinajstić information content (AvgIpc) is 2.66. The Hall–Kier alpha value is -2.22. The molecule has 2 aliphatic rings. The number of hydrogen-bond acceptors (Lipinski definition) is 7. The Morgan fingerprint density at radius 3 is 2.16 bits per heavy atom. The van der Waals surface area contributed by atoms with E-state index in [9.17, 15) is 26.4 Å². The van der Waals surface area contributed by atoms with Crippen molar-refractivity contribution < 1.29 is 41.0 Å². The average molecular weight is 481 g/mol. The number of alkyl halides is 3. The Bertz CT molecular complexity index is 931. The van der Waals surface area contributed by atoms with Crippen molar-refractivity contribution >= 4 is 21.7 Å². The number of likely N-dealkylation sites (N-methyl/N-ethyl adjacent to an activating group) is 2. The number of nitrogens with zero attached hydrogens (tertiary/aromatic N) is 2. The smallest absolute Gasteiger partial charge is 0.475 e. The molecule has 2 saturated heterocycles. The minimum absolute atomic E-state index is 0.0144. The molecule has 1 aromatic carbocycles. The Morgan fingerprint density at radius 1 is 1.22 bits per heavy atom. The van der Waals surface area contributed by atoms with Crippen LogP contribution in [0.5, 0.6) is 0 Å². The molecular formula is C19H26F3N3O6S. The van der Waals surface area contributed by atoms with Gasteiger partial charge in [-0.2, -0.15) is 13.2 Å². The number of carboxylic acid groups (broad SMARTS) is 1. The van der Waals surface area contributed by atoms with Gasteiger partial charge in [-0.15, -0.1) is 0 Å². The number of amides is 1. The molecule has 2 heterocycles. The molecule has 1 unspecified atom stereocenters. The first-order valence-electron chi connectivity index (χ1n) is 9.54. The molecule has 1 atom stereocenters. The molecule has 0 bridgehead atoms. The second-order valence-electron chi connectivity index (χ2n) is 7.90. The number of hydrogen-bond donors (Lipinski definition) is 2. The molecule has 32 heavy (non-hydrogen) atoms. The topological polar surface area (TPSA) is 116 Å². The summed E-state index contributed by atoms with van der Waals surface area (Å²) in [5.74, 6) is -2.77. The van der Waals surface area contributed by atoms with Crippen LogP contribution in [-0.4, -0.2) is 99.6 Å². The third-order valence-electron chi connectivity index (χ3n) is 5.19. The van der Waals surface area contributed by atoms with Crippen molar-refractivity contribution in [1.82, 2.24) is 15.1 Å². The fraction of sp³-hybridized carbons (Fsp3) is 0.579. The van der Waals surface area contributed by atoms with Gasteiger partial charge in [0.2, 0.25) is 5.91 Å². The van der Waals surface area contributed by atoms with Crippen LogP contribution in [-0.2, 0) is 30.7 Å². The first-order chi connectivity index (χ1) is 14.7. The van der Waals surface area contributed by atoms with Gasteiger partial charge in [-0.3, -0.25) is 14.6 Å². The summed E-state index contributed by atoms with van der Waals surface area (Å²) in [4.78, 5) is 25.4. The molecular weight excluding hydrogens is 455 g/mol. The summed E-state index contributed by atoms with van der Waals surface area (Å²) in [5.41, 5.74) is 0.876. The maximum absolute atomic E-state index is 11.8. The van der Waals surface area contributed by atoms with E-state index in [2.05, 4.69) is 15.1 Å². The number of likely N-dealkylation sites (tertiary alicyclic amines) is 1. The number of aliphatic carboxylic acids is 1. The molecule has 3 rings (SSSR count). The van der Waals surface area contributed by atoms with E-state index in [-0.39, 0.29) is 17.6 Å². The molecule has 13 heteroatoms. The van der Waals surface area contributed by atoms with Gasteiger partial charge < -0.3 is 15.2 Å². The summed E-state index contributed by atoms with van der Waals surface area (Å²) in [7, 11) is 0.440. The maximum Gasteiger partial charge on any atom is 0.490 e. The summed E-state index contributed by atoms with van der Waals surface area (Å²) in [5, 5.41) is 9.80. The molecule has 1 aromatic rings. The lowest BCUT2D eigenvalue weighted by molar-refractivity contribution is -0.198. The Kier molecular flexibility index (Phi) is 7.92. The van der Waals surface area contributed by atoms with Crippen molar-refractivity contribution in [2.24, 2.45) is 0 Å². The summed E-state index contributed by atoms with van der Waals surface area (Å²) < 4.78 is 60.8. The van der Waals surface area contributed by atoms with Crippen LogP contribution in [0.4, 0.5) is 13.2 Å². The molecule has 1 spiro atoms. The maximum atomic E-state index is 11.8. The molecule has 2 N–H and O–H groups in total. The first-order valence-corrected chi connectivity index (χ1v) is 11.4. The quantitative estimate of drug-likeness (QED) is 0.633. The number of halogens is 3. The van der Waals surface area contributed by atoms with Gasteiger partial charge in [0.25, 0.3) is 0 Å². The largest absolute Gasteiger partial charge is 0.490 e. The lowest BCUT2D eigenvalue weighted by Crippen LogP contribution is -2.71.